The Labute approximate surface area is 118 Å². The molecule has 0 aromatic carbocycles. The Morgan fingerprint density at radius 2 is 0.611 bits per heavy atom. The maximum atomic E-state index is 9.87. The summed E-state index contributed by atoms with van der Waals surface area (Å²) in [7, 11) is -10.7. The standard InChI is InChI=1S/4C2H5.CN.Cu.F6P/c5*1-2;;1-7(2,3,4,5)6/h4*1H2,2H3;;;/q5*-1;;-1. The Bertz CT molecular complexity index is 118. The third kappa shape index (κ3) is 9520000. The van der Waals surface area contributed by atoms with Crippen LogP contribution < -0.4 is 0 Å². The first-order valence-corrected chi connectivity index (χ1v) is 6.09. The molecule has 0 aromatic heterocycles. The summed E-state index contributed by atoms with van der Waals surface area (Å²) in [6.45, 7) is 24.8. The Morgan fingerprint density at radius 1 is 0.611 bits per heavy atom. The molecule has 1 nitrogen and oxygen atoms in total. The van der Waals surface area contributed by atoms with E-state index in [1.54, 1.807) is 27.7 Å². The molecule has 0 amide bonds. The van der Waals surface area contributed by atoms with E-state index in [9.17, 15) is 25.2 Å². The fourth-order valence-corrected chi connectivity index (χ4v) is 0. The molecule has 0 spiro atoms. The molecule has 0 bridgehead atoms. The Kier molecular flexibility index (Phi) is 46.2. The molecule has 0 N–H and O–H groups in total. The van der Waals surface area contributed by atoms with Crippen molar-refractivity contribution in [2.45, 2.75) is 27.7 Å². The van der Waals surface area contributed by atoms with Crippen LogP contribution in [0.3, 0.4) is 0 Å². The van der Waals surface area contributed by atoms with Crippen molar-refractivity contribution in [3.05, 3.63) is 34.3 Å². The monoisotopic (exact) mass is 350 g/mol. The quantitative estimate of drug-likeness (QED) is 0.203. The molecule has 0 saturated heterocycles. The van der Waals surface area contributed by atoms with Gasteiger partial charge in [-0.3, -0.25) is 0 Å². The first-order chi connectivity index (χ1) is 7.45. The number of hydrogen-bond donors (Lipinski definition) is 0. The van der Waals surface area contributed by atoms with E-state index < -0.39 is 7.81 Å². The summed E-state index contributed by atoms with van der Waals surface area (Å²) in [4.78, 5) is 0. The zero-order valence-electron chi connectivity index (χ0n) is 10.8. The van der Waals surface area contributed by atoms with Gasteiger partial charge in [0.2, 0.25) is 0 Å². The summed E-state index contributed by atoms with van der Waals surface area (Å²) in [5.41, 5.74) is 0. The topological polar surface area (TPSA) is 23.8 Å². The SMILES string of the molecule is F[P-](F)(F)(F)(F)F.[C-]#N.[CH2-]C.[CH2-]C.[CH2-]C.[CH2-]C.[Cu]. The second kappa shape index (κ2) is 19.4. The minimum atomic E-state index is -10.7. The molecule has 0 fully saturated rings. The molecular weight excluding hydrogens is 331 g/mol. The van der Waals surface area contributed by atoms with Gasteiger partial charge in [0, 0.05) is 17.1 Å². The zero-order valence-corrected chi connectivity index (χ0v) is 12.6. The Hall–Kier alpha value is 0.0195. The average Bonchev–Trinajstić information content (AvgIpc) is 2.27. The van der Waals surface area contributed by atoms with Crippen LogP contribution in [-0.2, 0) is 17.1 Å². The van der Waals surface area contributed by atoms with Crippen LogP contribution in [0, 0.1) is 39.5 Å². The summed E-state index contributed by atoms with van der Waals surface area (Å²) in [6.07, 6.45) is 0. The van der Waals surface area contributed by atoms with Gasteiger partial charge in [-0.1, -0.05) is 0 Å². The molecule has 0 saturated carbocycles. The molecule has 0 aromatic rings. The van der Waals surface area contributed by atoms with Crippen LogP contribution in [0.5, 0.6) is 0 Å². The maximum absolute atomic E-state index is 10.7. The van der Waals surface area contributed by atoms with Crippen LogP contribution in [0.2, 0.25) is 0 Å². The second-order valence-corrected chi connectivity index (χ2v) is 2.87. The van der Waals surface area contributed by atoms with Gasteiger partial charge in [-0.05, 0) is 0 Å². The Morgan fingerprint density at radius 3 is 0.611 bits per heavy atom. The minimum absolute atomic E-state index is 0. The summed E-state index contributed by atoms with van der Waals surface area (Å²) < 4.78 is 59.2. The molecule has 0 unspecified atom stereocenters. The van der Waals surface area contributed by atoms with Crippen LogP contribution in [0.1, 0.15) is 27.7 Å². The third-order valence-electron chi connectivity index (χ3n) is 0. The van der Waals surface area contributed by atoms with Crippen molar-refractivity contribution in [1.29, 1.82) is 5.26 Å². The van der Waals surface area contributed by atoms with Crippen molar-refractivity contribution in [3.8, 4) is 0 Å². The molecule has 0 rings (SSSR count). The van der Waals surface area contributed by atoms with Crippen LogP contribution in [-0.4, -0.2) is 0 Å². The molecule has 0 aliphatic heterocycles. The van der Waals surface area contributed by atoms with Crippen LogP contribution in [0.4, 0.5) is 25.2 Å². The molecule has 18 heavy (non-hydrogen) atoms. The fourth-order valence-electron chi connectivity index (χ4n) is 0. The summed E-state index contributed by atoms with van der Waals surface area (Å²) >= 11 is 0. The predicted octanol–water partition coefficient (Wildman–Crippen LogP) is 6.84. The molecule has 1 radical (unpaired) electrons. The fraction of sp³-hybridized carbons (Fsp3) is 0.444. The van der Waals surface area contributed by atoms with E-state index in [0.29, 0.717) is 0 Å². The van der Waals surface area contributed by atoms with Gasteiger partial charge in [0.25, 0.3) is 0 Å². The van der Waals surface area contributed by atoms with Gasteiger partial charge < -0.3 is 39.5 Å². The van der Waals surface area contributed by atoms with Crippen LogP contribution in [0.15, 0.2) is 0 Å². The predicted molar refractivity (Wildman–Crippen MR) is 62.7 cm³/mol. The van der Waals surface area contributed by atoms with Crippen molar-refractivity contribution in [2.75, 3.05) is 0 Å². The van der Waals surface area contributed by atoms with Gasteiger partial charge in [0.15, 0.2) is 0 Å². The van der Waals surface area contributed by atoms with Crippen molar-refractivity contribution in [3.63, 3.8) is 0 Å². The van der Waals surface area contributed by atoms with E-state index in [1.165, 1.54) is 0 Å². The maximum Gasteiger partial charge on any atom is 0 e. The largest absolute Gasteiger partial charge is 0.512 e. The van der Waals surface area contributed by atoms with Gasteiger partial charge in [-0.2, -0.15) is 27.7 Å². The van der Waals surface area contributed by atoms with Crippen molar-refractivity contribution in [1.82, 2.24) is 0 Å². The van der Waals surface area contributed by atoms with Crippen molar-refractivity contribution >= 4 is 7.81 Å². The number of halogens is 6. The van der Waals surface area contributed by atoms with E-state index in [-0.39, 0.29) is 17.1 Å². The Balaban J connectivity index is -0.0000000189. The molecular formula is C9H20CuF6NP-6. The van der Waals surface area contributed by atoms with Gasteiger partial charge in [-0.25, -0.2) is 0 Å². The summed E-state index contributed by atoms with van der Waals surface area (Å²) in [6, 6.07) is 0. The van der Waals surface area contributed by atoms with Crippen molar-refractivity contribution < 1.29 is 42.3 Å². The van der Waals surface area contributed by atoms with E-state index in [0.717, 1.165) is 0 Å². The normalized spacial score (nSPS) is 10.4. The number of rotatable bonds is 0. The molecule has 0 heterocycles. The van der Waals surface area contributed by atoms with Crippen molar-refractivity contribution in [2.24, 2.45) is 0 Å². The average molecular weight is 351 g/mol. The van der Waals surface area contributed by atoms with E-state index in [2.05, 4.69) is 27.7 Å². The second-order valence-electron chi connectivity index (χ2n) is 0.958. The smallest absolute Gasteiger partial charge is 0 e. The van der Waals surface area contributed by atoms with Crippen LogP contribution >= 0.6 is 7.81 Å². The van der Waals surface area contributed by atoms with E-state index in [4.69, 9.17) is 11.8 Å². The molecule has 125 valence electrons. The molecule has 0 aliphatic rings. The third-order valence-corrected chi connectivity index (χ3v) is 0. The number of hydrogen-bond acceptors (Lipinski definition) is 1. The van der Waals surface area contributed by atoms with Gasteiger partial charge >= 0.3 is 33.0 Å². The molecule has 0 aliphatic carbocycles. The summed E-state index contributed by atoms with van der Waals surface area (Å²) in [5, 5.41) is 6.25. The van der Waals surface area contributed by atoms with Gasteiger partial charge in [0.1, 0.15) is 0 Å². The zero-order chi connectivity index (χ0) is 16.4. The summed E-state index contributed by atoms with van der Waals surface area (Å²) in [5.74, 6) is 0. The van der Waals surface area contributed by atoms with Gasteiger partial charge in [-0.15, -0.1) is 0 Å². The van der Waals surface area contributed by atoms with E-state index >= 15 is 0 Å². The molecule has 9 heteroatoms. The number of nitrogens with zero attached hydrogens (tertiary/aromatic N) is 1. The van der Waals surface area contributed by atoms with E-state index in [1.807, 2.05) is 0 Å². The first-order valence-electron chi connectivity index (χ1n) is 4.07. The molecule has 0 atom stereocenters. The van der Waals surface area contributed by atoms with Crippen LogP contribution in [0.25, 0.3) is 0 Å². The van der Waals surface area contributed by atoms with Gasteiger partial charge in [0.05, 0.1) is 0 Å². The minimum Gasteiger partial charge on any atom is -0.512 e. The first kappa shape index (κ1) is 43.0.